The number of hydrogen-bond acceptors (Lipinski definition) is 2. The number of hydrogen-bond donors (Lipinski definition) is 2. The Morgan fingerprint density at radius 2 is 1.80 bits per heavy atom. The molecule has 6 heteroatoms. The van der Waals surface area contributed by atoms with Gasteiger partial charge in [-0.1, -0.05) is 48.9 Å². The Balaban J connectivity index is 0.00000450. The molecule has 0 heterocycles. The third kappa shape index (κ3) is 8.34. The molecular formula is C24H35IN4O. The summed E-state index contributed by atoms with van der Waals surface area (Å²) < 4.78 is 0. The number of benzene rings is 2. The molecule has 1 atom stereocenters. The summed E-state index contributed by atoms with van der Waals surface area (Å²) in [5.41, 5.74) is 4.43. The van der Waals surface area contributed by atoms with Crippen molar-refractivity contribution in [2.75, 3.05) is 33.7 Å². The van der Waals surface area contributed by atoms with E-state index in [2.05, 4.69) is 61.7 Å². The third-order valence-electron chi connectivity index (χ3n) is 4.80. The first-order valence-corrected chi connectivity index (χ1v) is 10.3. The van der Waals surface area contributed by atoms with Crippen LogP contribution in [0.25, 0.3) is 0 Å². The lowest BCUT2D eigenvalue weighted by atomic mass is 10.0. The number of nitrogens with zero attached hydrogens (tertiary/aromatic N) is 2. The second-order valence-corrected chi connectivity index (χ2v) is 7.61. The Kier molecular flexibility index (Phi) is 11.5. The minimum atomic E-state index is 0. The van der Waals surface area contributed by atoms with Crippen LogP contribution >= 0.6 is 24.0 Å². The molecular weight excluding hydrogens is 487 g/mol. The smallest absolute Gasteiger partial charge is 0.253 e. The summed E-state index contributed by atoms with van der Waals surface area (Å²) in [7, 11) is 3.54. The van der Waals surface area contributed by atoms with E-state index in [4.69, 9.17) is 4.99 Å². The first-order chi connectivity index (χ1) is 13.9. The molecule has 0 aliphatic rings. The van der Waals surface area contributed by atoms with Crippen molar-refractivity contribution >= 4 is 35.8 Å². The molecule has 2 aromatic rings. The summed E-state index contributed by atoms with van der Waals surface area (Å²) >= 11 is 0. The van der Waals surface area contributed by atoms with Gasteiger partial charge in [-0.25, -0.2) is 0 Å². The van der Waals surface area contributed by atoms with Crippen LogP contribution in [0.4, 0.5) is 0 Å². The summed E-state index contributed by atoms with van der Waals surface area (Å²) in [5.74, 6) is 1.21. The van der Waals surface area contributed by atoms with Crippen molar-refractivity contribution in [3.8, 4) is 0 Å². The Hall–Kier alpha value is -2.09. The van der Waals surface area contributed by atoms with Gasteiger partial charge in [0.2, 0.25) is 0 Å². The van der Waals surface area contributed by atoms with Crippen LogP contribution in [0.5, 0.6) is 0 Å². The van der Waals surface area contributed by atoms with E-state index in [1.165, 1.54) is 11.1 Å². The van der Waals surface area contributed by atoms with Gasteiger partial charge in [0.05, 0.1) is 0 Å². The van der Waals surface area contributed by atoms with Crippen molar-refractivity contribution in [2.24, 2.45) is 4.99 Å². The van der Waals surface area contributed by atoms with Gasteiger partial charge < -0.3 is 15.5 Å². The van der Waals surface area contributed by atoms with Gasteiger partial charge in [-0.2, -0.15) is 0 Å². The van der Waals surface area contributed by atoms with E-state index in [1.807, 2.05) is 18.2 Å². The summed E-state index contributed by atoms with van der Waals surface area (Å²) in [6.07, 6.45) is 0.826. The molecule has 0 saturated heterocycles. The highest BCUT2D eigenvalue weighted by Gasteiger charge is 2.09. The average Bonchev–Trinajstić information content (AvgIpc) is 2.72. The maximum atomic E-state index is 12.1. The molecule has 0 aliphatic heterocycles. The normalized spacial score (nSPS) is 12.0. The first-order valence-electron chi connectivity index (χ1n) is 10.3. The Labute approximate surface area is 198 Å². The van der Waals surface area contributed by atoms with Crippen LogP contribution in [0.3, 0.4) is 0 Å². The van der Waals surface area contributed by atoms with Gasteiger partial charge in [-0.3, -0.25) is 9.79 Å². The van der Waals surface area contributed by atoms with E-state index >= 15 is 0 Å². The number of amides is 1. The van der Waals surface area contributed by atoms with Gasteiger partial charge in [0.15, 0.2) is 5.96 Å². The standard InChI is InChI=1S/C24H34N4O.HI/c1-6-25-24(27-17-19(3)21-12-10-18(2)11-13-21)26-15-14-20-8-7-9-22(16-20)23(29)28(4)5;/h7-13,16,19H,6,14-15,17H2,1-5H3,(H2,25,26,27);1H. The van der Waals surface area contributed by atoms with Crippen LogP contribution in [0, 0.1) is 6.92 Å². The zero-order chi connectivity index (χ0) is 21.2. The van der Waals surface area contributed by atoms with Crippen molar-refractivity contribution in [1.82, 2.24) is 15.5 Å². The SMILES string of the molecule is CCNC(=NCC(C)c1ccc(C)cc1)NCCc1cccc(C(=O)N(C)C)c1.I. The van der Waals surface area contributed by atoms with E-state index in [0.29, 0.717) is 5.92 Å². The van der Waals surface area contributed by atoms with E-state index < -0.39 is 0 Å². The molecule has 30 heavy (non-hydrogen) atoms. The summed E-state index contributed by atoms with van der Waals surface area (Å²) in [5, 5.41) is 6.71. The van der Waals surface area contributed by atoms with Crippen molar-refractivity contribution < 1.29 is 4.79 Å². The van der Waals surface area contributed by atoms with Crippen molar-refractivity contribution in [3.05, 3.63) is 70.8 Å². The van der Waals surface area contributed by atoms with Crippen LogP contribution in [-0.4, -0.2) is 50.5 Å². The van der Waals surface area contributed by atoms with Gasteiger partial charge >= 0.3 is 0 Å². The maximum absolute atomic E-state index is 12.1. The molecule has 0 aromatic heterocycles. The number of rotatable bonds is 8. The molecule has 5 nitrogen and oxygen atoms in total. The second-order valence-electron chi connectivity index (χ2n) is 7.61. The van der Waals surface area contributed by atoms with E-state index in [9.17, 15) is 4.79 Å². The molecule has 1 unspecified atom stereocenters. The predicted molar refractivity (Wildman–Crippen MR) is 137 cm³/mol. The lowest BCUT2D eigenvalue weighted by molar-refractivity contribution is 0.0827. The molecule has 2 N–H and O–H groups in total. The largest absolute Gasteiger partial charge is 0.357 e. The number of halogens is 1. The molecule has 164 valence electrons. The highest BCUT2D eigenvalue weighted by atomic mass is 127. The minimum Gasteiger partial charge on any atom is -0.357 e. The molecule has 2 rings (SSSR count). The lowest BCUT2D eigenvalue weighted by Gasteiger charge is -2.14. The minimum absolute atomic E-state index is 0. The molecule has 1 amide bonds. The third-order valence-corrected chi connectivity index (χ3v) is 4.80. The van der Waals surface area contributed by atoms with E-state index in [0.717, 1.165) is 43.1 Å². The van der Waals surface area contributed by atoms with Crippen molar-refractivity contribution in [2.45, 2.75) is 33.1 Å². The Morgan fingerprint density at radius 3 is 2.43 bits per heavy atom. The molecule has 0 bridgehead atoms. The fraction of sp³-hybridized carbons (Fsp3) is 0.417. The average molecular weight is 522 g/mol. The Bertz CT molecular complexity index is 818. The van der Waals surface area contributed by atoms with Gasteiger partial charge in [-0.05, 0) is 43.5 Å². The lowest BCUT2D eigenvalue weighted by Crippen LogP contribution is -2.38. The van der Waals surface area contributed by atoms with E-state index in [-0.39, 0.29) is 29.9 Å². The highest BCUT2D eigenvalue weighted by Crippen LogP contribution is 2.16. The number of aryl methyl sites for hydroxylation is 1. The monoisotopic (exact) mass is 522 g/mol. The summed E-state index contributed by atoms with van der Waals surface area (Å²) in [6, 6.07) is 16.5. The van der Waals surface area contributed by atoms with Crippen LogP contribution < -0.4 is 10.6 Å². The predicted octanol–water partition coefficient (Wildman–Crippen LogP) is 4.22. The number of carbonyl (C=O) groups excluding carboxylic acids is 1. The van der Waals surface area contributed by atoms with Crippen molar-refractivity contribution in [3.63, 3.8) is 0 Å². The van der Waals surface area contributed by atoms with E-state index in [1.54, 1.807) is 19.0 Å². The number of carbonyl (C=O) groups is 1. The first kappa shape index (κ1) is 25.9. The number of guanidine groups is 1. The number of aliphatic imine (C=N–C) groups is 1. The van der Waals surface area contributed by atoms with Crippen LogP contribution in [0.15, 0.2) is 53.5 Å². The second kappa shape index (κ2) is 13.3. The molecule has 2 aromatic carbocycles. The van der Waals surface area contributed by atoms with Crippen LogP contribution in [0.2, 0.25) is 0 Å². The van der Waals surface area contributed by atoms with Gasteiger partial charge in [0, 0.05) is 45.2 Å². The quantitative estimate of drug-likeness (QED) is 0.310. The van der Waals surface area contributed by atoms with Gasteiger partial charge in [-0.15, -0.1) is 24.0 Å². The van der Waals surface area contributed by atoms with Crippen molar-refractivity contribution in [1.29, 1.82) is 0 Å². The van der Waals surface area contributed by atoms with Gasteiger partial charge in [0.1, 0.15) is 0 Å². The topological polar surface area (TPSA) is 56.7 Å². The highest BCUT2D eigenvalue weighted by molar-refractivity contribution is 14.0. The van der Waals surface area contributed by atoms with Gasteiger partial charge in [0.25, 0.3) is 5.91 Å². The van der Waals surface area contributed by atoms with Crippen LogP contribution in [-0.2, 0) is 6.42 Å². The summed E-state index contributed by atoms with van der Waals surface area (Å²) in [4.78, 5) is 18.5. The number of nitrogens with one attached hydrogen (secondary N) is 2. The maximum Gasteiger partial charge on any atom is 0.253 e. The summed E-state index contributed by atoms with van der Waals surface area (Å²) in [6.45, 7) is 8.67. The molecule has 0 spiro atoms. The fourth-order valence-corrected chi connectivity index (χ4v) is 3.01. The molecule has 0 aliphatic carbocycles. The fourth-order valence-electron chi connectivity index (χ4n) is 3.01. The zero-order valence-electron chi connectivity index (χ0n) is 18.7. The molecule has 0 fully saturated rings. The molecule has 0 saturated carbocycles. The zero-order valence-corrected chi connectivity index (χ0v) is 21.1. The van der Waals surface area contributed by atoms with Crippen LogP contribution in [0.1, 0.15) is 46.8 Å². The Morgan fingerprint density at radius 1 is 1.10 bits per heavy atom. The molecule has 0 radical (unpaired) electrons.